The summed E-state index contributed by atoms with van der Waals surface area (Å²) in [5.74, 6) is 0. The van der Waals surface area contributed by atoms with Crippen molar-refractivity contribution in [2.24, 2.45) is 0 Å². The highest BCUT2D eigenvalue weighted by Crippen LogP contribution is 2.21. The standard InChI is InChI=1S/C9H19NO2/c1-12-7-3-5-9(11)4-2-6-10-8-9/h10-11H,2-8H2,1H3. The Kier molecular flexibility index (Phi) is 3.98. The van der Waals surface area contributed by atoms with Crippen LogP contribution in [0.25, 0.3) is 0 Å². The molecule has 12 heavy (non-hydrogen) atoms. The fourth-order valence-electron chi connectivity index (χ4n) is 1.71. The minimum Gasteiger partial charge on any atom is -0.389 e. The van der Waals surface area contributed by atoms with Crippen LogP contribution in [0.3, 0.4) is 0 Å². The fraction of sp³-hybridized carbons (Fsp3) is 1.00. The normalized spacial score (nSPS) is 30.5. The molecule has 1 atom stereocenters. The molecule has 1 saturated heterocycles. The molecule has 0 saturated carbocycles. The van der Waals surface area contributed by atoms with Crippen LogP contribution in [-0.2, 0) is 4.74 Å². The first-order valence-corrected chi connectivity index (χ1v) is 4.69. The Morgan fingerprint density at radius 3 is 3.00 bits per heavy atom. The zero-order chi connectivity index (χ0) is 8.86. The summed E-state index contributed by atoms with van der Waals surface area (Å²) in [6.45, 7) is 2.55. The smallest absolute Gasteiger partial charge is 0.0772 e. The maximum atomic E-state index is 9.98. The van der Waals surface area contributed by atoms with E-state index in [0.717, 1.165) is 45.4 Å². The van der Waals surface area contributed by atoms with Crippen LogP contribution in [0.2, 0.25) is 0 Å². The number of rotatable bonds is 4. The number of aliphatic hydroxyl groups is 1. The largest absolute Gasteiger partial charge is 0.389 e. The predicted molar refractivity (Wildman–Crippen MR) is 48.2 cm³/mol. The quantitative estimate of drug-likeness (QED) is 0.609. The molecule has 0 radical (unpaired) electrons. The van der Waals surface area contributed by atoms with Crippen molar-refractivity contribution >= 4 is 0 Å². The summed E-state index contributed by atoms with van der Waals surface area (Å²) in [7, 11) is 1.70. The van der Waals surface area contributed by atoms with Crippen LogP contribution in [0.1, 0.15) is 25.7 Å². The second-order valence-electron chi connectivity index (χ2n) is 3.60. The first-order chi connectivity index (χ1) is 5.77. The lowest BCUT2D eigenvalue weighted by Gasteiger charge is -2.32. The lowest BCUT2D eigenvalue weighted by atomic mass is 9.90. The van der Waals surface area contributed by atoms with E-state index in [1.54, 1.807) is 7.11 Å². The van der Waals surface area contributed by atoms with Crippen LogP contribution in [0.4, 0.5) is 0 Å². The Bertz CT molecular complexity index is 122. The summed E-state index contributed by atoms with van der Waals surface area (Å²) in [5, 5.41) is 13.2. The topological polar surface area (TPSA) is 41.5 Å². The third-order valence-electron chi connectivity index (χ3n) is 2.44. The third kappa shape index (κ3) is 3.09. The van der Waals surface area contributed by atoms with E-state index in [2.05, 4.69) is 5.32 Å². The van der Waals surface area contributed by atoms with Gasteiger partial charge in [-0.05, 0) is 32.2 Å². The maximum absolute atomic E-state index is 9.98. The minimum absolute atomic E-state index is 0.462. The van der Waals surface area contributed by atoms with Gasteiger partial charge in [0.2, 0.25) is 0 Å². The zero-order valence-electron chi connectivity index (χ0n) is 7.81. The molecule has 1 unspecified atom stereocenters. The predicted octanol–water partition coefficient (Wildman–Crippen LogP) is 0.527. The number of hydrogen-bond donors (Lipinski definition) is 2. The lowest BCUT2D eigenvalue weighted by molar-refractivity contribution is 0.00152. The van der Waals surface area contributed by atoms with Crippen LogP contribution >= 0.6 is 0 Å². The number of ether oxygens (including phenoxy) is 1. The van der Waals surface area contributed by atoms with Crippen molar-refractivity contribution in [1.29, 1.82) is 0 Å². The van der Waals surface area contributed by atoms with E-state index in [0.29, 0.717) is 0 Å². The van der Waals surface area contributed by atoms with E-state index in [-0.39, 0.29) is 0 Å². The van der Waals surface area contributed by atoms with E-state index in [9.17, 15) is 5.11 Å². The van der Waals surface area contributed by atoms with Gasteiger partial charge in [0.25, 0.3) is 0 Å². The van der Waals surface area contributed by atoms with Gasteiger partial charge in [-0.25, -0.2) is 0 Å². The Balaban J connectivity index is 2.17. The van der Waals surface area contributed by atoms with Crippen LogP contribution in [0.5, 0.6) is 0 Å². The Morgan fingerprint density at radius 2 is 2.42 bits per heavy atom. The summed E-state index contributed by atoms with van der Waals surface area (Å²) >= 11 is 0. The van der Waals surface area contributed by atoms with E-state index in [1.807, 2.05) is 0 Å². The van der Waals surface area contributed by atoms with Gasteiger partial charge in [-0.3, -0.25) is 0 Å². The van der Waals surface area contributed by atoms with Gasteiger partial charge < -0.3 is 15.2 Å². The lowest BCUT2D eigenvalue weighted by Crippen LogP contribution is -2.45. The van der Waals surface area contributed by atoms with Gasteiger partial charge in [0, 0.05) is 20.3 Å². The number of hydrogen-bond acceptors (Lipinski definition) is 3. The zero-order valence-corrected chi connectivity index (χ0v) is 7.81. The van der Waals surface area contributed by atoms with Gasteiger partial charge in [-0.15, -0.1) is 0 Å². The van der Waals surface area contributed by atoms with Gasteiger partial charge in [0.15, 0.2) is 0 Å². The Hall–Kier alpha value is -0.120. The molecule has 1 fully saturated rings. The van der Waals surface area contributed by atoms with Crippen molar-refractivity contribution in [1.82, 2.24) is 5.32 Å². The monoisotopic (exact) mass is 173 g/mol. The van der Waals surface area contributed by atoms with Gasteiger partial charge in [0.1, 0.15) is 0 Å². The molecule has 1 heterocycles. The molecular formula is C9H19NO2. The van der Waals surface area contributed by atoms with Crippen LogP contribution < -0.4 is 5.32 Å². The van der Waals surface area contributed by atoms with Gasteiger partial charge in [0.05, 0.1) is 5.60 Å². The molecule has 72 valence electrons. The molecule has 0 amide bonds. The minimum atomic E-state index is -0.462. The van der Waals surface area contributed by atoms with Gasteiger partial charge in [-0.1, -0.05) is 0 Å². The first kappa shape index (κ1) is 9.96. The number of β-amino-alcohol motifs (C(OH)–C–C–N with tert-alkyl or cyclic N) is 1. The van der Waals surface area contributed by atoms with Crippen molar-refractivity contribution in [3.05, 3.63) is 0 Å². The Labute approximate surface area is 74.1 Å². The second kappa shape index (κ2) is 4.80. The number of piperidine rings is 1. The molecule has 1 aliphatic rings. The van der Waals surface area contributed by atoms with Crippen LogP contribution in [0.15, 0.2) is 0 Å². The van der Waals surface area contributed by atoms with Crippen LogP contribution in [-0.4, -0.2) is 37.5 Å². The first-order valence-electron chi connectivity index (χ1n) is 4.69. The molecule has 2 N–H and O–H groups in total. The maximum Gasteiger partial charge on any atom is 0.0772 e. The molecule has 3 nitrogen and oxygen atoms in total. The van der Waals surface area contributed by atoms with Gasteiger partial charge in [-0.2, -0.15) is 0 Å². The van der Waals surface area contributed by atoms with Crippen LogP contribution in [0, 0.1) is 0 Å². The van der Waals surface area contributed by atoms with Gasteiger partial charge >= 0.3 is 0 Å². The fourth-order valence-corrected chi connectivity index (χ4v) is 1.71. The third-order valence-corrected chi connectivity index (χ3v) is 2.44. The molecule has 0 aromatic rings. The van der Waals surface area contributed by atoms with Crippen molar-refractivity contribution in [3.8, 4) is 0 Å². The average molecular weight is 173 g/mol. The summed E-state index contributed by atoms with van der Waals surface area (Å²) in [6, 6.07) is 0. The summed E-state index contributed by atoms with van der Waals surface area (Å²) < 4.78 is 4.95. The molecule has 0 bridgehead atoms. The van der Waals surface area contributed by atoms with E-state index in [4.69, 9.17) is 4.74 Å². The summed E-state index contributed by atoms with van der Waals surface area (Å²) in [4.78, 5) is 0. The second-order valence-corrected chi connectivity index (χ2v) is 3.60. The SMILES string of the molecule is COCCCC1(O)CCCNC1. The highest BCUT2D eigenvalue weighted by atomic mass is 16.5. The molecule has 3 heteroatoms. The van der Waals surface area contributed by atoms with E-state index in [1.165, 1.54) is 0 Å². The molecule has 0 aliphatic carbocycles. The highest BCUT2D eigenvalue weighted by molar-refractivity contribution is 4.84. The van der Waals surface area contributed by atoms with Crippen molar-refractivity contribution < 1.29 is 9.84 Å². The van der Waals surface area contributed by atoms with E-state index >= 15 is 0 Å². The molecule has 0 aromatic carbocycles. The number of nitrogens with one attached hydrogen (secondary N) is 1. The molecule has 0 spiro atoms. The Morgan fingerprint density at radius 1 is 1.58 bits per heavy atom. The molecular weight excluding hydrogens is 154 g/mol. The summed E-state index contributed by atoms with van der Waals surface area (Å²) in [6.07, 6.45) is 3.83. The van der Waals surface area contributed by atoms with Crippen molar-refractivity contribution in [2.75, 3.05) is 26.8 Å². The number of methoxy groups -OCH3 is 1. The average Bonchev–Trinajstić information content (AvgIpc) is 2.06. The molecule has 1 aliphatic heterocycles. The van der Waals surface area contributed by atoms with E-state index < -0.39 is 5.60 Å². The molecule has 1 rings (SSSR count). The van der Waals surface area contributed by atoms with Crippen molar-refractivity contribution in [2.45, 2.75) is 31.3 Å². The highest BCUT2D eigenvalue weighted by Gasteiger charge is 2.27. The molecule has 0 aromatic heterocycles. The van der Waals surface area contributed by atoms with Crippen molar-refractivity contribution in [3.63, 3.8) is 0 Å². The summed E-state index contributed by atoms with van der Waals surface area (Å²) in [5.41, 5.74) is -0.462.